The van der Waals surface area contributed by atoms with Crippen LogP contribution >= 0.6 is 34.8 Å². The van der Waals surface area contributed by atoms with E-state index in [1.807, 2.05) is 31.2 Å². The van der Waals surface area contributed by atoms with Crippen LogP contribution < -0.4 is 15.0 Å². The summed E-state index contributed by atoms with van der Waals surface area (Å²) >= 11 is 19.1. The quantitative estimate of drug-likeness (QED) is 0.266. The van der Waals surface area contributed by atoms with E-state index in [0.29, 0.717) is 46.3 Å². The summed E-state index contributed by atoms with van der Waals surface area (Å²) in [4.78, 5) is 15.1. The molecule has 2 aromatic carbocycles. The number of amides is 1. The van der Waals surface area contributed by atoms with E-state index in [2.05, 4.69) is 10.4 Å². The van der Waals surface area contributed by atoms with Crippen LogP contribution in [0.1, 0.15) is 33.9 Å². The zero-order valence-corrected chi connectivity index (χ0v) is 22.3. The number of aromatic nitrogens is 2. The molecule has 6 nitrogen and oxygen atoms in total. The number of carbonyl (C=O) groups excluding carboxylic acids is 1. The summed E-state index contributed by atoms with van der Waals surface area (Å²) < 4.78 is 35.3. The Bertz CT molecular complexity index is 1600. The van der Waals surface area contributed by atoms with Crippen molar-refractivity contribution in [3.63, 3.8) is 0 Å². The highest BCUT2D eigenvalue weighted by Gasteiger charge is 2.46. The number of hydrogen-bond acceptors (Lipinski definition) is 4. The molecule has 0 radical (unpaired) electrons. The Morgan fingerprint density at radius 1 is 1.16 bits per heavy atom. The number of rotatable bonds is 4. The molecule has 0 aliphatic carbocycles. The van der Waals surface area contributed by atoms with Crippen molar-refractivity contribution in [2.45, 2.75) is 25.3 Å². The summed E-state index contributed by atoms with van der Waals surface area (Å²) in [5.74, 6) is -2.54. The van der Waals surface area contributed by atoms with E-state index in [1.54, 1.807) is 16.6 Å². The second-order valence-electron chi connectivity index (χ2n) is 9.54. The average molecular weight is 578 g/mol. The molecule has 4 heterocycles. The van der Waals surface area contributed by atoms with E-state index in [9.17, 15) is 13.6 Å². The van der Waals surface area contributed by atoms with Crippen molar-refractivity contribution in [2.75, 3.05) is 24.6 Å². The van der Waals surface area contributed by atoms with Crippen LogP contribution in [0.4, 0.5) is 14.5 Å². The number of halogens is 5. The summed E-state index contributed by atoms with van der Waals surface area (Å²) in [6.07, 6.45) is 1.99. The molecule has 11 heteroatoms. The second-order valence-corrected chi connectivity index (χ2v) is 10.8. The standard InChI is InChI=1S/C27H21Cl3F2N4O2/c1-14-8-21-25(35-12-27(31,32)13-35)18(26(37)34-20-6-7-38-22-5-3-2-4-16(20)22)11-33-36(21)24(14)17-9-15(28)10-19(29)23(17)30/h2-5,8-11,20H,6-7,12-13H2,1H3,(H,34,37)/t20-/m0/s1. The fourth-order valence-corrected chi connectivity index (χ4v) is 5.87. The van der Waals surface area contributed by atoms with Gasteiger partial charge in [0.25, 0.3) is 11.8 Å². The van der Waals surface area contributed by atoms with Crippen LogP contribution in [0.2, 0.25) is 15.1 Å². The highest BCUT2D eigenvalue weighted by molar-refractivity contribution is 6.45. The molecule has 0 bridgehead atoms. The maximum absolute atomic E-state index is 14.0. The van der Waals surface area contributed by atoms with Crippen LogP contribution in [-0.2, 0) is 0 Å². The number of anilines is 1. The molecule has 1 N–H and O–H groups in total. The van der Waals surface area contributed by atoms with Gasteiger partial charge in [-0.05, 0) is 36.8 Å². The van der Waals surface area contributed by atoms with Gasteiger partial charge in [0.1, 0.15) is 5.75 Å². The lowest BCUT2D eigenvalue weighted by Gasteiger charge is -2.41. The molecule has 6 rings (SSSR count). The van der Waals surface area contributed by atoms with Gasteiger partial charge in [-0.15, -0.1) is 0 Å². The third-order valence-electron chi connectivity index (χ3n) is 6.88. The van der Waals surface area contributed by atoms with Crippen molar-refractivity contribution in [2.24, 2.45) is 0 Å². The SMILES string of the molecule is Cc1cc2c(N3CC(F)(F)C3)c(C(=O)N[C@H]3CCOc4ccccc43)cnn2c1-c1cc(Cl)cc(Cl)c1Cl. The van der Waals surface area contributed by atoms with Crippen molar-refractivity contribution in [1.82, 2.24) is 14.9 Å². The molecule has 196 valence electrons. The van der Waals surface area contributed by atoms with Gasteiger partial charge in [-0.1, -0.05) is 53.0 Å². The molecule has 2 aromatic heterocycles. The van der Waals surface area contributed by atoms with Gasteiger partial charge in [0.15, 0.2) is 0 Å². The number of benzene rings is 2. The summed E-state index contributed by atoms with van der Waals surface area (Å²) in [5, 5.41) is 8.56. The Labute approximate surface area is 232 Å². The molecule has 0 spiro atoms. The van der Waals surface area contributed by atoms with Crippen molar-refractivity contribution >= 4 is 51.9 Å². The van der Waals surface area contributed by atoms with Gasteiger partial charge in [0, 0.05) is 22.6 Å². The van der Waals surface area contributed by atoms with Gasteiger partial charge in [-0.25, -0.2) is 13.3 Å². The second kappa shape index (κ2) is 9.29. The number of carbonyl (C=O) groups is 1. The number of nitrogens with zero attached hydrogens (tertiary/aromatic N) is 3. The van der Waals surface area contributed by atoms with E-state index in [1.165, 1.54) is 17.2 Å². The first-order valence-corrected chi connectivity index (χ1v) is 13.1. The lowest BCUT2D eigenvalue weighted by molar-refractivity contribution is -0.0262. The van der Waals surface area contributed by atoms with E-state index >= 15 is 0 Å². The summed E-state index contributed by atoms with van der Waals surface area (Å²) in [5.41, 5.74) is 3.87. The lowest BCUT2D eigenvalue weighted by Crippen LogP contribution is -2.57. The van der Waals surface area contributed by atoms with Gasteiger partial charge in [0.2, 0.25) is 0 Å². The molecular formula is C27H21Cl3F2N4O2. The Morgan fingerprint density at radius 2 is 1.92 bits per heavy atom. The fraction of sp³-hybridized carbons (Fsp3) is 0.259. The van der Waals surface area contributed by atoms with Crippen molar-refractivity contribution in [1.29, 1.82) is 0 Å². The number of para-hydroxylation sites is 1. The zero-order valence-electron chi connectivity index (χ0n) is 20.1. The molecule has 1 fully saturated rings. The molecular weight excluding hydrogens is 557 g/mol. The monoisotopic (exact) mass is 576 g/mol. The predicted octanol–water partition coefficient (Wildman–Crippen LogP) is 6.98. The van der Waals surface area contributed by atoms with Gasteiger partial charge < -0.3 is 15.0 Å². The first-order valence-electron chi connectivity index (χ1n) is 11.9. The smallest absolute Gasteiger partial charge is 0.282 e. The third kappa shape index (κ3) is 4.25. The minimum absolute atomic E-state index is 0.205. The summed E-state index contributed by atoms with van der Waals surface area (Å²) in [7, 11) is 0. The summed E-state index contributed by atoms with van der Waals surface area (Å²) in [6, 6.07) is 12.2. The number of fused-ring (bicyclic) bond motifs is 2. The minimum Gasteiger partial charge on any atom is -0.493 e. The zero-order chi connectivity index (χ0) is 26.8. The first kappa shape index (κ1) is 25.2. The molecule has 1 atom stereocenters. The molecule has 0 unspecified atom stereocenters. The van der Waals surface area contributed by atoms with Gasteiger partial charge >= 0.3 is 0 Å². The highest BCUT2D eigenvalue weighted by atomic mass is 35.5. The van der Waals surface area contributed by atoms with E-state index < -0.39 is 24.9 Å². The molecule has 4 aromatic rings. The normalized spacial score (nSPS) is 18.1. The van der Waals surface area contributed by atoms with Gasteiger partial charge in [0.05, 0.1) is 64.4 Å². The lowest BCUT2D eigenvalue weighted by atomic mass is 10.00. The predicted molar refractivity (Wildman–Crippen MR) is 144 cm³/mol. The molecule has 1 amide bonds. The van der Waals surface area contributed by atoms with E-state index in [0.717, 1.165) is 11.1 Å². The van der Waals surface area contributed by atoms with Crippen molar-refractivity contribution < 1.29 is 18.3 Å². The van der Waals surface area contributed by atoms with Crippen LogP contribution in [0.25, 0.3) is 16.8 Å². The van der Waals surface area contributed by atoms with Gasteiger partial charge in [-0.2, -0.15) is 5.10 Å². The minimum atomic E-state index is -2.85. The Morgan fingerprint density at radius 3 is 2.68 bits per heavy atom. The van der Waals surface area contributed by atoms with Crippen LogP contribution in [0.15, 0.2) is 48.7 Å². The third-order valence-corrected chi connectivity index (χ3v) is 7.90. The molecule has 2 aliphatic rings. The number of hydrogen-bond donors (Lipinski definition) is 1. The number of alkyl halides is 2. The molecule has 38 heavy (non-hydrogen) atoms. The fourth-order valence-electron chi connectivity index (χ4n) is 5.18. The summed E-state index contributed by atoms with van der Waals surface area (Å²) in [6.45, 7) is 1.30. The first-order chi connectivity index (χ1) is 18.1. The highest BCUT2D eigenvalue weighted by Crippen LogP contribution is 2.43. The largest absolute Gasteiger partial charge is 0.493 e. The van der Waals surface area contributed by atoms with Gasteiger partial charge in [-0.3, -0.25) is 4.79 Å². The molecule has 0 saturated carbocycles. The Balaban J connectivity index is 1.47. The number of ether oxygens (including phenoxy) is 1. The number of aryl methyl sites for hydroxylation is 1. The van der Waals surface area contributed by atoms with Crippen LogP contribution in [0.5, 0.6) is 5.75 Å². The average Bonchev–Trinajstić information content (AvgIpc) is 3.20. The van der Waals surface area contributed by atoms with Crippen LogP contribution in [-0.4, -0.2) is 41.1 Å². The molecule has 2 aliphatic heterocycles. The van der Waals surface area contributed by atoms with E-state index in [4.69, 9.17) is 39.5 Å². The van der Waals surface area contributed by atoms with E-state index in [-0.39, 0.29) is 21.7 Å². The van der Waals surface area contributed by atoms with Crippen molar-refractivity contribution in [3.8, 4) is 17.0 Å². The maximum Gasteiger partial charge on any atom is 0.282 e. The Kier molecular flexibility index (Phi) is 6.17. The molecule has 1 saturated heterocycles. The topological polar surface area (TPSA) is 58.9 Å². The maximum atomic E-state index is 14.0. The Hall–Kier alpha value is -3.07. The van der Waals surface area contributed by atoms with Crippen LogP contribution in [0.3, 0.4) is 0 Å². The van der Waals surface area contributed by atoms with Crippen LogP contribution in [0, 0.1) is 6.92 Å². The van der Waals surface area contributed by atoms with Crippen molar-refractivity contribution in [3.05, 3.63) is 80.4 Å². The number of nitrogens with one attached hydrogen (secondary N) is 1.